The van der Waals surface area contributed by atoms with Crippen molar-refractivity contribution < 1.29 is 0 Å². The molecular weight excluding hydrogens is 805 g/mol. The lowest BCUT2D eigenvalue weighted by Gasteiger charge is -2.11. The molecule has 6 heteroatoms. The Morgan fingerprint density at radius 3 is 1.65 bits per heavy atom. The van der Waals surface area contributed by atoms with Crippen molar-refractivity contribution in [1.82, 2.24) is 19.5 Å². The lowest BCUT2D eigenvalue weighted by molar-refractivity contribution is 1.08. The maximum Gasteiger partial charge on any atom is 0.164 e. The molecule has 0 saturated heterocycles. The van der Waals surface area contributed by atoms with Gasteiger partial charge in [0.05, 0.1) is 11.0 Å². The van der Waals surface area contributed by atoms with Crippen molar-refractivity contribution in [3.63, 3.8) is 0 Å². The van der Waals surface area contributed by atoms with Gasteiger partial charge < -0.3 is 4.57 Å². The van der Waals surface area contributed by atoms with E-state index in [1.807, 2.05) is 59.1 Å². The third-order valence-corrected chi connectivity index (χ3v) is 14.6. The number of benzene rings is 9. The highest BCUT2D eigenvalue weighted by Gasteiger charge is 2.19. The van der Waals surface area contributed by atoms with Crippen molar-refractivity contribution in [2.45, 2.75) is 0 Å². The minimum atomic E-state index is 0.657. The molecule has 0 aliphatic rings. The minimum Gasteiger partial charge on any atom is -0.309 e. The van der Waals surface area contributed by atoms with Gasteiger partial charge in [-0.15, -0.1) is 22.7 Å². The molecule has 0 unspecified atom stereocenters. The molecule has 294 valence electrons. The van der Waals surface area contributed by atoms with Crippen molar-refractivity contribution in [3.05, 3.63) is 206 Å². The number of nitrogens with zero attached hydrogens (tertiary/aromatic N) is 4. The predicted molar refractivity (Wildman–Crippen MR) is 267 cm³/mol. The highest BCUT2D eigenvalue weighted by atomic mass is 32.1. The summed E-state index contributed by atoms with van der Waals surface area (Å²) in [5, 5.41) is 7.46. The van der Waals surface area contributed by atoms with Gasteiger partial charge in [0, 0.05) is 73.5 Å². The second-order valence-electron chi connectivity index (χ2n) is 15.9. The summed E-state index contributed by atoms with van der Waals surface area (Å²) in [6, 6.07) is 73.9. The van der Waals surface area contributed by atoms with Crippen LogP contribution in [0.15, 0.2) is 206 Å². The van der Waals surface area contributed by atoms with Gasteiger partial charge in [0.15, 0.2) is 17.5 Å². The standard InChI is InChI=1S/C57H34N4S2/c1-3-13-36(14-4-1)55-58-56(37-15-5-2-6-16-37)60-57(59-55)45-21-12-24-52-53(45)47-34-39(28-32-51(47)62-52)38-27-31-49-46(33-38)42-17-7-9-22-48(42)61(49)40-29-25-35(26-30-40)41-19-11-20-44-43-18-8-10-23-50(43)63-54(41)44/h1-34H. The zero-order valence-electron chi connectivity index (χ0n) is 33.7. The molecule has 0 amide bonds. The quantitative estimate of drug-likeness (QED) is 0.168. The molecule has 0 radical (unpaired) electrons. The van der Waals surface area contributed by atoms with E-state index in [4.69, 9.17) is 15.0 Å². The van der Waals surface area contributed by atoms with Crippen LogP contribution in [0, 0.1) is 0 Å². The molecule has 13 rings (SSSR count). The van der Waals surface area contributed by atoms with Gasteiger partial charge in [0.2, 0.25) is 0 Å². The third kappa shape index (κ3) is 5.91. The van der Waals surface area contributed by atoms with Crippen molar-refractivity contribution in [2.75, 3.05) is 0 Å². The second-order valence-corrected chi connectivity index (χ2v) is 18.1. The predicted octanol–water partition coefficient (Wildman–Crippen LogP) is 16.0. The second kappa shape index (κ2) is 14.4. The van der Waals surface area contributed by atoms with Gasteiger partial charge in [0.25, 0.3) is 0 Å². The van der Waals surface area contributed by atoms with Crippen LogP contribution in [0.5, 0.6) is 0 Å². The summed E-state index contributed by atoms with van der Waals surface area (Å²) in [6.45, 7) is 0. The Morgan fingerprint density at radius 2 is 0.873 bits per heavy atom. The largest absolute Gasteiger partial charge is 0.309 e. The number of hydrogen-bond acceptors (Lipinski definition) is 5. The van der Waals surface area contributed by atoms with E-state index in [2.05, 4.69) is 174 Å². The molecule has 63 heavy (non-hydrogen) atoms. The molecule has 0 fully saturated rings. The van der Waals surface area contributed by atoms with E-state index in [0.29, 0.717) is 17.5 Å². The first-order valence-electron chi connectivity index (χ1n) is 21.1. The average molecular weight is 839 g/mol. The van der Waals surface area contributed by atoms with E-state index in [0.717, 1.165) is 27.8 Å². The maximum absolute atomic E-state index is 5.13. The number of aromatic nitrogens is 4. The lowest BCUT2D eigenvalue weighted by atomic mass is 9.99. The summed E-state index contributed by atoms with van der Waals surface area (Å²) in [4.78, 5) is 15.2. The van der Waals surface area contributed by atoms with Crippen molar-refractivity contribution in [2.24, 2.45) is 0 Å². The lowest BCUT2D eigenvalue weighted by Crippen LogP contribution is -2.00. The first kappa shape index (κ1) is 35.9. The van der Waals surface area contributed by atoms with E-state index in [-0.39, 0.29) is 0 Å². The van der Waals surface area contributed by atoms with Gasteiger partial charge >= 0.3 is 0 Å². The smallest absolute Gasteiger partial charge is 0.164 e. The molecular formula is C57H34N4S2. The van der Waals surface area contributed by atoms with Crippen LogP contribution in [0.2, 0.25) is 0 Å². The fourth-order valence-electron chi connectivity index (χ4n) is 9.32. The Kier molecular flexibility index (Phi) is 8.22. The van der Waals surface area contributed by atoms with Crippen molar-refractivity contribution >= 4 is 84.8 Å². The highest BCUT2D eigenvalue weighted by Crippen LogP contribution is 2.44. The van der Waals surface area contributed by atoms with Crippen LogP contribution >= 0.6 is 22.7 Å². The topological polar surface area (TPSA) is 43.6 Å². The van der Waals surface area contributed by atoms with Gasteiger partial charge in [-0.3, -0.25) is 0 Å². The van der Waals surface area contributed by atoms with Crippen LogP contribution in [-0.4, -0.2) is 19.5 Å². The van der Waals surface area contributed by atoms with Crippen LogP contribution in [0.1, 0.15) is 0 Å². The molecule has 4 nitrogen and oxygen atoms in total. The van der Waals surface area contributed by atoms with Gasteiger partial charge in [-0.25, -0.2) is 15.0 Å². The third-order valence-electron chi connectivity index (χ3n) is 12.3. The molecule has 0 bridgehead atoms. The molecule has 0 N–H and O–H groups in total. The van der Waals surface area contributed by atoms with Crippen molar-refractivity contribution in [3.8, 4) is 62.1 Å². The van der Waals surface area contributed by atoms with Gasteiger partial charge in [-0.1, -0.05) is 152 Å². The number of fused-ring (bicyclic) bond motifs is 9. The van der Waals surface area contributed by atoms with Crippen molar-refractivity contribution in [1.29, 1.82) is 0 Å². The SMILES string of the molecule is c1ccc(-c2nc(-c3ccccc3)nc(-c3cccc4sc5ccc(-c6ccc7c(c6)c6ccccc6n7-c6ccc(-c7cccc8c7sc7ccccc78)cc6)cc5c34)n2)cc1. The normalized spacial score (nSPS) is 11.8. The molecule has 4 aromatic heterocycles. The minimum absolute atomic E-state index is 0.657. The Bertz CT molecular complexity index is 3840. The molecule has 0 saturated carbocycles. The molecule has 0 aliphatic carbocycles. The molecule has 0 aliphatic heterocycles. The van der Waals surface area contributed by atoms with E-state index >= 15 is 0 Å². The number of rotatable bonds is 6. The van der Waals surface area contributed by atoms with E-state index in [1.165, 1.54) is 79.0 Å². The molecule has 4 heterocycles. The summed E-state index contributed by atoms with van der Waals surface area (Å²) in [5.41, 5.74) is 11.3. The van der Waals surface area contributed by atoms with E-state index in [9.17, 15) is 0 Å². The van der Waals surface area contributed by atoms with Crippen LogP contribution in [0.25, 0.3) is 124 Å². The first-order valence-corrected chi connectivity index (χ1v) is 22.7. The van der Waals surface area contributed by atoms with E-state index in [1.54, 1.807) is 0 Å². The maximum atomic E-state index is 5.13. The molecule has 13 aromatic rings. The fraction of sp³-hybridized carbons (Fsp3) is 0. The number of hydrogen-bond donors (Lipinski definition) is 0. The van der Waals surface area contributed by atoms with Gasteiger partial charge in [0.1, 0.15) is 0 Å². The van der Waals surface area contributed by atoms with Crippen LogP contribution in [0.3, 0.4) is 0 Å². The number of para-hydroxylation sites is 1. The zero-order chi connectivity index (χ0) is 41.4. The Morgan fingerprint density at radius 1 is 0.317 bits per heavy atom. The van der Waals surface area contributed by atoms with Crippen LogP contribution in [-0.2, 0) is 0 Å². The summed E-state index contributed by atoms with van der Waals surface area (Å²) in [7, 11) is 0. The number of thiophene rings is 2. The average Bonchev–Trinajstić information content (AvgIpc) is 4.04. The fourth-order valence-corrected chi connectivity index (χ4v) is 11.7. The summed E-state index contributed by atoms with van der Waals surface area (Å²) in [5.74, 6) is 1.98. The monoisotopic (exact) mass is 838 g/mol. The Balaban J connectivity index is 0.921. The summed E-state index contributed by atoms with van der Waals surface area (Å²) < 4.78 is 7.49. The molecule has 0 spiro atoms. The zero-order valence-corrected chi connectivity index (χ0v) is 35.4. The Labute approximate surface area is 370 Å². The van der Waals surface area contributed by atoms with Crippen LogP contribution in [0.4, 0.5) is 0 Å². The van der Waals surface area contributed by atoms with Crippen LogP contribution < -0.4 is 0 Å². The summed E-state index contributed by atoms with van der Waals surface area (Å²) >= 11 is 3.68. The molecule has 9 aromatic carbocycles. The molecule has 0 atom stereocenters. The Hall–Kier alpha value is -7.77. The van der Waals surface area contributed by atoms with Gasteiger partial charge in [-0.05, 0) is 76.9 Å². The van der Waals surface area contributed by atoms with Gasteiger partial charge in [-0.2, -0.15) is 0 Å². The highest BCUT2D eigenvalue weighted by molar-refractivity contribution is 7.26. The van der Waals surface area contributed by atoms with E-state index < -0.39 is 0 Å². The summed E-state index contributed by atoms with van der Waals surface area (Å²) in [6.07, 6.45) is 0. The first-order chi connectivity index (χ1) is 31.2.